The Morgan fingerprint density at radius 1 is 1.42 bits per heavy atom. The zero-order valence-corrected chi connectivity index (χ0v) is 14.9. The minimum absolute atomic E-state index is 0.172. The van der Waals surface area contributed by atoms with Crippen molar-refractivity contribution in [2.75, 3.05) is 19.7 Å². The first-order valence-electron chi connectivity index (χ1n) is 8.18. The van der Waals surface area contributed by atoms with E-state index in [4.69, 9.17) is 22.1 Å². The Morgan fingerprint density at radius 2 is 2.19 bits per heavy atom. The molecule has 0 spiro atoms. The minimum atomic E-state index is -0.896. The molecule has 2 atom stereocenters. The molecule has 1 aliphatic heterocycles. The molecule has 1 aromatic heterocycles. The summed E-state index contributed by atoms with van der Waals surface area (Å²) in [5, 5.41) is 3.98. The number of halogens is 1. The lowest BCUT2D eigenvalue weighted by Crippen LogP contribution is -2.49. The van der Waals surface area contributed by atoms with Gasteiger partial charge in [-0.15, -0.1) is 0 Å². The lowest BCUT2D eigenvalue weighted by Gasteiger charge is -2.15. The molecule has 2 heterocycles. The molecule has 1 aliphatic rings. The number of nitrogens with one attached hydrogen (secondary N) is 2. The number of benzene rings is 1. The molecule has 2 aromatic rings. The highest BCUT2D eigenvalue weighted by molar-refractivity contribution is 6.31. The van der Waals surface area contributed by atoms with Gasteiger partial charge >= 0.3 is 5.97 Å². The zero-order valence-electron chi connectivity index (χ0n) is 14.1. The van der Waals surface area contributed by atoms with E-state index in [-0.39, 0.29) is 19.7 Å². The molecule has 0 aliphatic carbocycles. The van der Waals surface area contributed by atoms with Gasteiger partial charge in [-0.2, -0.15) is 0 Å². The Kier molecular flexibility index (Phi) is 5.15. The number of H-pyrrole nitrogens is 1. The fourth-order valence-electron chi connectivity index (χ4n) is 2.95. The molecular weight excluding hydrogens is 360 g/mol. The van der Waals surface area contributed by atoms with Crippen LogP contribution in [-0.4, -0.2) is 59.4 Å². The van der Waals surface area contributed by atoms with Crippen LogP contribution < -0.4 is 11.1 Å². The van der Waals surface area contributed by atoms with Gasteiger partial charge in [-0.25, -0.2) is 0 Å². The van der Waals surface area contributed by atoms with Crippen molar-refractivity contribution in [3.05, 3.63) is 35.0 Å². The fraction of sp³-hybridized carbons (Fsp3) is 0.353. The lowest BCUT2D eigenvalue weighted by atomic mass is 10.1. The van der Waals surface area contributed by atoms with E-state index in [1.807, 2.05) is 0 Å². The number of nitrogens with zero attached hydrogens (tertiary/aromatic N) is 1. The maximum absolute atomic E-state index is 12.5. The predicted molar refractivity (Wildman–Crippen MR) is 95.8 cm³/mol. The average molecular weight is 379 g/mol. The largest absolute Gasteiger partial charge is 0.465 e. The Bertz CT molecular complexity index is 866. The smallest absolute Gasteiger partial charge is 0.325 e. The van der Waals surface area contributed by atoms with Crippen molar-refractivity contribution < 1.29 is 19.1 Å². The van der Waals surface area contributed by atoms with Crippen molar-refractivity contribution in [1.82, 2.24) is 15.2 Å². The summed E-state index contributed by atoms with van der Waals surface area (Å²) in [5.74, 6) is -1.37. The van der Waals surface area contributed by atoms with Gasteiger partial charge in [-0.3, -0.25) is 14.4 Å². The number of hydrogen-bond donors (Lipinski definition) is 3. The first-order valence-corrected chi connectivity index (χ1v) is 8.56. The predicted octanol–water partition coefficient (Wildman–Crippen LogP) is 0.652. The second kappa shape index (κ2) is 7.35. The number of amides is 2. The number of esters is 1. The van der Waals surface area contributed by atoms with Crippen molar-refractivity contribution >= 4 is 40.3 Å². The number of carbonyl (C=O) groups excluding carboxylic acids is 3. The molecule has 138 valence electrons. The van der Waals surface area contributed by atoms with Crippen molar-refractivity contribution in [3.63, 3.8) is 0 Å². The van der Waals surface area contributed by atoms with E-state index in [1.54, 1.807) is 31.2 Å². The molecule has 0 bridgehead atoms. The zero-order chi connectivity index (χ0) is 18.8. The van der Waals surface area contributed by atoms with Crippen LogP contribution in [0.5, 0.6) is 0 Å². The van der Waals surface area contributed by atoms with Crippen LogP contribution in [0.25, 0.3) is 10.9 Å². The molecule has 26 heavy (non-hydrogen) atoms. The quantitative estimate of drug-likeness (QED) is 0.660. The summed E-state index contributed by atoms with van der Waals surface area (Å²) in [6, 6.07) is 5.36. The molecule has 1 aromatic carbocycles. The molecule has 1 saturated heterocycles. The van der Waals surface area contributed by atoms with Crippen LogP contribution in [0.2, 0.25) is 5.02 Å². The topological polar surface area (TPSA) is 118 Å². The highest BCUT2D eigenvalue weighted by Gasteiger charge is 2.40. The van der Waals surface area contributed by atoms with Crippen LogP contribution in [0.4, 0.5) is 0 Å². The number of fused-ring (bicyclic) bond motifs is 1. The standard InChI is InChI=1S/C17H19ClN4O4/c1-2-26-14(23)8-22-7-11(19)15(17(22)25)21-16(24)13-6-9-5-10(18)3-4-12(9)20-13/h3-6,11,15,20H,2,7-8,19H2,1H3,(H,21,24). The second-order valence-electron chi connectivity index (χ2n) is 6.05. The number of rotatable bonds is 5. The number of nitrogens with two attached hydrogens (primary N) is 1. The minimum Gasteiger partial charge on any atom is -0.465 e. The van der Waals surface area contributed by atoms with Gasteiger partial charge in [-0.05, 0) is 31.2 Å². The van der Waals surface area contributed by atoms with Crippen LogP contribution in [0.15, 0.2) is 24.3 Å². The van der Waals surface area contributed by atoms with E-state index in [0.29, 0.717) is 10.7 Å². The molecule has 1 fully saturated rings. The number of hydrogen-bond acceptors (Lipinski definition) is 5. The number of likely N-dealkylation sites (tertiary alicyclic amines) is 1. The summed E-state index contributed by atoms with van der Waals surface area (Å²) >= 11 is 5.94. The molecule has 3 rings (SSSR count). The third-order valence-electron chi connectivity index (χ3n) is 4.18. The first-order chi connectivity index (χ1) is 12.4. The van der Waals surface area contributed by atoms with Crippen molar-refractivity contribution in [2.45, 2.75) is 19.0 Å². The summed E-state index contributed by atoms with van der Waals surface area (Å²) in [6.07, 6.45) is 0. The molecule has 2 amide bonds. The SMILES string of the molecule is CCOC(=O)CN1CC(N)C(NC(=O)c2cc3cc(Cl)ccc3[nH]2)C1=O. The number of carbonyl (C=O) groups is 3. The van der Waals surface area contributed by atoms with Gasteiger partial charge in [-0.1, -0.05) is 11.6 Å². The highest BCUT2D eigenvalue weighted by Crippen LogP contribution is 2.20. The van der Waals surface area contributed by atoms with E-state index >= 15 is 0 Å². The summed E-state index contributed by atoms with van der Waals surface area (Å²) < 4.78 is 4.84. The van der Waals surface area contributed by atoms with Crippen LogP contribution in [0.3, 0.4) is 0 Å². The van der Waals surface area contributed by atoms with E-state index in [1.165, 1.54) is 4.90 Å². The molecule has 4 N–H and O–H groups in total. The Hall–Kier alpha value is -2.58. The third-order valence-corrected chi connectivity index (χ3v) is 4.41. The summed E-state index contributed by atoms with van der Waals surface area (Å²) in [4.78, 5) is 40.8. The Morgan fingerprint density at radius 3 is 2.92 bits per heavy atom. The van der Waals surface area contributed by atoms with E-state index < -0.39 is 29.9 Å². The second-order valence-corrected chi connectivity index (χ2v) is 6.49. The van der Waals surface area contributed by atoms with Gasteiger partial charge in [0, 0.05) is 22.5 Å². The molecule has 0 saturated carbocycles. The Balaban J connectivity index is 1.69. The third kappa shape index (κ3) is 3.66. The molecule has 2 unspecified atom stereocenters. The maximum atomic E-state index is 12.5. The molecule has 0 radical (unpaired) electrons. The monoisotopic (exact) mass is 378 g/mol. The van der Waals surface area contributed by atoms with Crippen LogP contribution in [0, 0.1) is 0 Å². The van der Waals surface area contributed by atoms with Crippen molar-refractivity contribution in [3.8, 4) is 0 Å². The van der Waals surface area contributed by atoms with Crippen LogP contribution in [-0.2, 0) is 14.3 Å². The van der Waals surface area contributed by atoms with E-state index in [2.05, 4.69) is 10.3 Å². The van der Waals surface area contributed by atoms with Crippen LogP contribution in [0.1, 0.15) is 17.4 Å². The molecule has 8 nitrogen and oxygen atoms in total. The van der Waals surface area contributed by atoms with E-state index in [0.717, 1.165) is 10.9 Å². The van der Waals surface area contributed by atoms with Gasteiger partial charge in [0.2, 0.25) is 5.91 Å². The molecular formula is C17H19ClN4O4. The van der Waals surface area contributed by atoms with E-state index in [9.17, 15) is 14.4 Å². The van der Waals surface area contributed by atoms with Crippen molar-refractivity contribution in [2.24, 2.45) is 5.73 Å². The van der Waals surface area contributed by atoms with Crippen LogP contribution >= 0.6 is 11.6 Å². The maximum Gasteiger partial charge on any atom is 0.325 e. The van der Waals surface area contributed by atoms with Gasteiger partial charge < -0.3 is 25.7 Å². The lowest BCUT2D eigenvalue weighted by molar-refractivity contribution is -0.147. The normalized spacial score (nSPS) is 19.8. The summed E-state index contributed by atoms with van der Waals surface area (Å²) in [5.41, 5.74) is 7.03. The highest BCUT2D eigenvalue weighted by atomic mass is 35.5. The van der Waals surface area contributed by atoms with Gasteiger partial charge in [0.15, 0.2) is 0 Å². The molecule has 9 heteroatoms. The number of aromatic nitrogens is 1. The van der Waals surface area contributed by atoms with Gasteiger partial charge in [0.25, 0.3) is 5.91 Å². The van der Waals surface area contributed by atoms with Crippen molar-refractivity contribution in [1.29, 1.82) is 0 Å². The fourth-order valence-corrected chi connectivity index (χ4v) is 3.13. The first kappa shape index (κ1) is 18.2. The van der Waals surface area contributed by atoms with Gasteiger partial charge in [0.05, 0.1) is 12.6 Å². The number of aromatic amines is 1. The Labute approximate surface area is 154 Å². The number of ether oxygens (including phenoxy) is 1. The van der Waals surface area contributed by atoms with Gasteiger partial charge in [0.1, 0.15) is 18.3 Å². The average Bonchev–Trinajstić information content (AvgIpc) is 3.11. The summed E-state index contributed by atoms with van der Waals surface area (Å²) in [6.45, 7) is 1.91. The summed E-state index contributed by atoms with van der Waals surface area (Å²) in [7, 11) is 0.